The van der Waals surface area contributed by atoms with Gasteiger partial charge in [0, 0.05) is 25.2 Å². The summed E-state index contributed by atoms with van der Waals surface area (Å²) in [7, 11) is 0. The van der Waals surface area contributed by atoms with Crippen molar-refractivity contribution in [2.24, 2.45) is 28.7 Å². The molecule has 1 saturated carbocycles. The second-order valence-corrected chi connectivity index (χ2v) is 8.49. The zero-order chi connectivity index (χ0) is 23.8. The van der Waals surface area contributed by atoms with Crippen LogP contribution in [0.1, 0.15) is 32.1 Å². The van der Waals surface area contributed by atoms with Gasteiger partial charge in [-0.2, -0.15) is 0 Å². The molecular weight excluding hydrogens is 602 g/mol. The van der Waals surface area contributed by atoms with Crippen LogP contribution in [0, 0.1) is 0 Å². The molecule has 1 aliphatic heterocycles. The number of nitrogens with two attached hydrogens (primary N) is 5. The summed E-state index contributed by atoms with van der Waals surface area (Å²) in [6.07, 6.45) is -5.17. The van der Waals surface area contributed by atoms with Gasteiger partial charge in [-0.3, -0.25) is 0 Å². The number of halogens is 5. The Balaban J connectivity index is -0.00000109. The third-order valence-corrected chi connectivity index (χ3v) is 5.98. The van der Waals surface area contributed by atoms with Crippen LogP contribution >= 0.6 is 62.0 Å². The van der Waals surface area contributed by atoms with Gasteiger partial charge in [0.2, 0.25) is 0 Å². The highest BCUT2D eigenvalue weighted by Gasteiger charge is 2.49. The monoisotopic (exact) mass is 644 g/mol. The first-order chi connectivity index (χ1) is 15.2. The molecule has 10 atom stereocenters. The summed E-state index contributed by atoms with van der Waals surface area (Å²) in [5.41, 5.74) is 29.1. The van der Waals surface area contributed by atoms with Gasteiger partial charge in [0.15, 0.2) is 12.4 Å². The van der Waals surface area contributed by atoms with Crippen LogP contribution in [0.25, 0.3) is 0 Å². The van der Waals surface area contributed by atoms with Crippen molar-refractivity contribution < 1.29 is 34.3 Å². The van der Waals surface area contributed by atoms with Crippen LogP contribution < -0.4 is 34.0 Å². The fourth-order valence-corrected chi connectivity index (χ4v) is 3.99. The van der Waals surface area contributed by atoms with E-state index < -0.39 is 67.1 Å². The van der Waals surface area contributed by atoms with Crippen LogP contribution in [0.4, 0.5) is 4.79 Å². The smallest absolute Gasteiger partial charge is 0.407 e. The minimum Gasteiger partial charge on any atom is -0.441 e. The van der Waals surface area contributed by atoms with Gasteiger partial charge in [0.1, 0.15) is 30.5 Å². The number of nitrogens with one attached hydrogen (secondary N) is 1. The summed E-state index contributed by atoms with van der Waals surface area (Å²) in [6, 6.07) is -2.56. The zero-order valence-electron chi connectivity index (χ0n) is 20.3. The highest BCUT2D eigenvalue weighted by Crippen LogP contribution is 2.28. The third-order valence-electron chi connectivity index (χ3n) is 5.98. The molecule has 0 unspecified atom stereocenters. The molecule has 37 heavy (non-hydrogen) atoms. The van der Waals surface area contributed by atoms with Crippen LogP contribution in [0.3, 0.4) is 0 Å². The lowest BCUT2D eigenvalue weighted by atomic mass is 9.84. The predicted octanol–water partition coefficient (Wildman–Crippen LogP) is -1.75. The average Bonchev–Trinajstić information content (AvgIpc) is 2.76. The predicted molar refractivity (Wildman–Crippen MR) is 151 cm³/mol. The molecule has 1 heterocycles. The molecule has 2 aliphatic rings. The summed E-state index contributed by atoms with van der Waals surface area (Å²) < 4.78 is 16.9. The minimum absolute atomic E-state index is 0. The van der Waals surface area contributed by atoms with Crippen LogP contribution in [-0.4, -0.2) is 102 Å². The van der Waals surface area contributed by atoms with Crippen molar-refractivity contribution in [3.63, 3.8) is 0 Å². The largest absolute Gasteiger partial charge is 0.441 e. The number of aliphatic hydroxyl groups excluding tert-OH is 3. The van der Waals surface area contributed by atoms with Crippen molar-refractivity contribution in [1.29, 1.82) is 0 Å². The summed E-state index contributed by atoms with van der Waals surface area (Å²) in [6.45, 7) is 0.949. The van der Waals surface area contributed by atoms with Crippen molar-refractivity contribution in [1.82, 2.24) is 5.32 Å². The van der Waals surface area contributed by atoms with Crippen LogP contribution in [0.15, 0.2) is 0 Å². The van der Waals surface area contributed by atoms with Gasteiger partial charge >= 0.3 is 6.09 Å². The van der Waals surface area contributed by atoms with Gasteiger partial charge in [-0.1, -0.05) is 12.8 Å². The van der Waals surface area contributed by atoms with Gasteiger partial charge in [-0.15, -0.1) is 62.0 Å². The van der Waals surface area contributed by atoms with Crippen molar-refractivity contribution in [2.75, 3.05) is 19.6 Å². The number of aliphatic hydroxyl groups is 3. The van der Waals surface area contributed by atoms with Crippen molar-refractivity contribution in [3.8, 4) is 0 Å². The Morgan fingerprint density at radius 2 is 1.43 bits per heavy atom. The number of hydrogen-bond acceptors (Lipinski definition) is 12. The minimum atomic E-state index is -1.35. The molecule has 0 bridgehead atoms. The molecular formula is C19H45Cl5N6O7. The summed E-state index contributed by atoms with van der Waals surface area (Å²) in [5, 5.41) is 33.4. The van der Waals surface area contributed by atoms with E-state index in [2.05, 4.69) is 5.32 Å². The molecule has 18 heteroatoms. The maximum atomic E-state index is 12.3. The van der Waals surface area contributed by atoms with Crippen LogP contribution in [0.2, 0.25) is 0 Å². The number of ether oxygens (including phenoxy) is 3. The van der Waals surface area contributed by atoms with Crippen molar-refractivity contribution >= 4 is 68.1 Å². The van der Waals surface area contributed by atoms with Crippen molar-refractivity contribution in [2.45, 2.75) is 93.1 Å². The fourth-order valence-electron chi connectivity index (χ4n) is 3.99. The van der Waals surface area contributed by atoms with E-state index >= 15 is 0 Å². The molecule has 2 rings (SSSR count). The first kappa shape index (κ1) is 44.3. The molecule has 0 aromatic heterocycles. The van der Waals surface area contributed by atoms with Crippen LogP contribution in [0.5, 0.6) is 0 Å². The Bertz CT molecular complexity index is 595. The molecule has 1 aliphatic carbocycles. The molecule has 0 aromatic rings. The van der Waals surface area contributed by atoms with Crippen molar-refractivity contribution in [3.05, 3.63) is 0 Å². The first-order valence-corrected chi connectivity index (χ1v) is 11.2. The first-order valence-electron chi connectivity index (χ1n) is 11.2. The maximum Gasteiger partial charge on any atom is 0.407 e. The van der Waals surface area contributed by atoms with Gasteiger partial charge in [-0.05, 0) is 25.8 Å². The number of carbonyl (C=O) groups excluding carboxylic acids is 1. The Kier molecular flexibility index (Phi) is 26.4. The van der Waals surface area contributed by atoms with E-state index in [1.807, 2.05) is 0 Å². The average molecular weight is 647 g/mol. The number of rotatable bonds is 10. The summed E-state index contributed by atoms with van der Waals surface area (Å²) in [5.74, 6) is 0. The van der Waals surface area contributed by atoms with Gasteiger partial charge in [-0.25, -0.2) is 4.79 Å². The van der Waals surface area contributed by atoms with E-state index in [4.69, 9.17) is 42.9 Å². The van der Waals surface area contributed by atoms with E-state index in [0.29, 0.717) is 13.1 Å². The van der Waals surface area contributed by atoms with E-state index in [9.17, 15) is 20.1 Å². The lowest BCUT2D eigenvalue weighted by Crippen LogP contribution is -2.68. The quantitative estimate of drug-likeness (QED) is 0.120. The van der Waals surface area contributed by atoms with Crippen LogP contribution in [-0.2, 0) is 14.2 Å². The maximum absolute atomic E-state index is 12.3. The molecule has 2 fully saturated rings. The second-order valence-electron chi connectivity index (χ2n) is 8.49. The molecule has 14 N–H and O–H groups in total. The number of unbranched alkanes of at least 4 members (excludes halogenated alkanes) is 3. The summed E-state index contributed by atoms with van der Waals surface area (Å²) in [4.78, 5) is 12.3. The van der Waals surface area contributed by atoms with Gasteiger partial charge in [0.25, 0.3) is 0 Å². The number of amides is 1. The van der Waals surface area contributed by atoms with E-state index in [0.717, 1.165) is 25.7 Å². The standard InChI is InChI=1S/C19H40N6O7.5ClH/c20-5-3-1-2-4-6-25-19(29)32-17-13(26)9(22)7-10(23)16(17)31-18-12(24)15(28)14(27)11(8-21)30-18;;;;;/h9-18,26-28H,1-8,20-24H2,(H,25,29);5*1H/t9-,10+,11-,12-,13+,14-,15-,16-,17-,18-;;;;;/m1...../s1. The molecule has 228 valence electrons. The number of carbonyl (C=O) groups is 1. The van der Waals surface area contributed by atoms with Gasteiger partial charge in [0.05, 0.1) is 6.04 Å². The Labute approximate surface area is 248 Å². The lowest BCUT2D eigenvalue weighted by molar-refractivity contribution is -0.287. The highest BCUT2D eigenvalue weighted by molar-refractivity contribution is 5.86. The van der Waals surface area contributed by atoms with E-state index in [-0.39, 0.29) is 75.0 Å². The van der Waals surface area contributed by atoms with Gasteiger partial charge < -0.3 is 63.5 Å². The molecule has 1 amide bonds. The Morgan fingerprint density at radius 1 is 0.838 bits per heavy atom. The lowest BCUT2D eigenvalue weighted by Gasteiger charge is -2.46. The molecule has 0 spiro atoms. The van der Waals surface area contributed by atoms with E-state index in [1.165, 1.54) is 0 Å². The molecule has 0 radical (unpaired) electrons. The second kappa shape index (κ2) is 22.1. The SMILES string of the molecule is Cl.Cl.Cl.Cl.Cl.NCCCCCCNC(=O)O[C@@H]1[C@@H](O)[C@H](N)C[C@H](N)[C@H]1O[C@H]1O[C@H](CN)[C@@H](O)[C@H](O)[C@H]1N. The Morgan fingerprint density at radius 3 is 2.00 bits per heavy atom. The molecule has 13 nitrogen and oxygen atoms in total. The third kappa shape index (κ3) is 12.6. The fraction of sp³-hybridized carbons (Fsp3) is 0.947. The number of alkyl carbamates (subject to hydrolysis) is 1. The number of hydrogen-bond donors (Lipinski definition) is 9. The zero-order valence-corrected chi connectivity index (χ0v) is 24.4. The molecule has 1 saturated heterocycles. The molecule has 0 aromatic carbocycles. The topological polar surface area (TPSA) is 248 Å². The highest BCUT2D eigenvalue weighted by atomic mass is 35.5. The summed E-state index contributed by atoms with van der Waals surface area (Å²) >= 11 is 0. The normalized spacial score (nSPS) is 34.7. The Hall–Kier alpha value is 0.320. The van der Waals surface area contributed by atoms with E-state index in [1.54, 1.807) is 0 Å².